The second kappa shape index (κ2) is 6.15. The molecule has 0 unspecified atom stereocenters. The number of nitrogens with zero attached hydrogens (tertiary/aromatic N) is 2. The Hall–Kier alpha value is -2.14. The largest absolute Gasteiger partial charge is 0.439 e. The summed E-state index contributed by atoms with van der Waals surface area (Å²) in [5, 5.41) is 12.3. The lowest BCUT2D eigenvalue weighted by Crippen LogP contribution is -2.03. The Bertz CT molecular complexity index is 558. The average molecular weight is 259 g/mol. The maximum Gasteiger partial charge on any atom is 0.227 e. The van der Waals surface area contributed by atoms with E-state index in [1.165, 1.54) is 6.33 Å². The van der Waals surface area contributed by atoms with E-state index in [0.29, 0.717) is 11.6 Å². The molecule has 1 aromatic heterocycles. The first-order valence-electron chi connectivity index (χ1n) is 6.17. The van der Waals surface area contributed by atoms with Crippen molar-refractivity contribution in [3.05, 3.63) is 41.7 Å². The van der Waals surface area contributed by atoms with Gasteiger partial charge in [0.1, 0.15) is 17.9 Å². The maximum absolute atomic E-state index is 9.11. The first kappa shape index (κ1) is 13.3. The molecule has 0 aliphatic carbocycles. The molecule has 2 rings (SSSR count). The molecule has 0 aliphatic rings. The van der Waals surface area contributed by atoms with Crippen LogP contribution >= 0.6 is 0 Å². The summed E-state index contributed by atoms with van der Waals surface area (Å²) < 4.78 is 5.74. The molecule has 0 saturated carbocycles. The van der Waals surface area contributed by atoms with Gasteiger partial charge in [-0.25, -0.2) is 9.97 Å². The molecule has 0 amide bonds. The van der Waals surface area contributed by atoms with Gasteiger partial charge in [0.2, 0.25) is 5.88 Å². The quantitative estimate of drug-likeness (QED) is 0.863. The average Bonchev–Trinajstić information content (AvgIpc) is 2.44. The summed E-state index contributed by atoms with van der Waals surface area (Å²) in [4.78, 5) is 8.30. The first-order chi connectivity index (χ1) is 9.24. The highest BCUT2D eigenvalue weighted by Crippen LogP contribution is 2.26. The summed E-state index contributed by atoms with van der Waals surface area (Å²) in [5.41, 5.74) is 1.66. The molecular formula is C14H17N3O2. The summed E-state index contributed by atoms with van der Waals surface area (Å²) in [7, 11) is 0. The molecule has 0 saturated heterocycles. The molecule has 0 atom stereocenters. The van der Waals surface area contributed by atoms with E-state index >= 15 is 0 Å². The zero-order valence-electron chi connectivity index (χ0n) is 11.1. The van der Waals surface area contributed by atoms with E-state index in [4.69, 9.17) is 9.84 Å². The van der Waals surface area contributed by atoms with Crippen molar-refractivity contribution in [2.45, 2.75) is 20.5 Å². The van der Waals surface area contributed by atoms with Crippen LogP contribution in [0.5, 0.6) is 11.6 Å². The van der Waals surface area contributed by atoms with Crippen LogP contribution in [0.1, 0.15) is 18.1 Å². The first-order valence-corrected chi connectivity index (χ1v) is 6.17. The number of aliphatic hydroxyl groups excluding tert-OH is 1. The minimum Gasteiger partial charge on any atom is -0.439 e. The molecule has 0 bridgehead atoms. The lowest BCUT2D eigenvalue weighted by Gasteiger charge is -2.11. The molecule has 0 fully saturated rings. The van der Waals surface area contributed by atoms with Gasteiger partial charge in [0.15, 0.2) is 0 Å². The third-order valence-corrected chi connectivity index (χ3v) is 2.68. The van der Waals surface area contributed by atoms with Gasteiger partial charge >= 0.3 is 0 Å². The van der Waals surface area contributed by atoms with Gasteiger partial charge < -0.3 is 15.2 Å². The summed E-state index contributed by atoms with van der Waals surface area (Å²) >= 11 is 0. The zero-order valence-corrected chi connectivity index (χ0v) is 11.1. The monoisotopic (exact) mass is 259 g/mol. The van der Waals surface area contributed by atoms with Gasteiger partial charge in [0.05, 0.1) is 12.2 Å². The number of nitrogens with one attached hydrogen (secondary N) is 1. The number of aromatic nitrogens is 2. The predicted octanol–water partition coefficient (Wildman–Crippen LogP) is 2.50. The number of aliphatic hydroxyl groups is 1. The van der Waals surface area contributed by atoms with E-state index in [9.17, 15) is 0 Å². The lowest BCUT2D eigenvalue weighted by atomic mass is 10.2. The van der Waals surface area contributed by atoms with Gasteiger partial charge in [-0.15, -0.1) is 0 Å². The molecule has 5 nitrogen and oxygen atoms in total. The van der Waals surface area contributed by atoms with Gasteiger partial charge in [-0.2, -0.15) is 0 Å². The van der Waals surface area contributed by atoms with Crippen molar-refractivity contribution in [2.24, 2.45) is 0 Å². The molecule has 1 aromatic carbocycles. The van der Waals surface area contributed by atoms with E-state index in [1.54, 1.807) is 6.07 Å². The van der Waals surface area contributed by atoms with Crippen LogP contribution in [-0.2, 0) is 6.61 Å². The molecule has 0 radical (unpaired) electrons. The summed E-state index contributed by atoms with van der Waals surface area (Å²) in [6, 6.07) is 7.29. The van der Waals surface area contributed by atoms with E-state index in [-0.39, 0.29) is 6.61 Å². The van der Waals surface area contributed by atoms with Crippen molar-refractivity contribution in [1.29, 1.82) is 0 Å². The van der Waals surface area contributed by atoms with Crippen molar-refractivity contribution in [1.82, 2.24) is 9.97 Å². The highest BCUT2D eigenvalue weighted by molar-refractivity contribution is 5.48. The predicted molar refractivity (Wildman–Crippen MR) is 73.4 cm³/mol. The summed E-state index contributed by atoms with van der Waals surface area (Å²) in [5.74, 6) is 1.93. The Balaban J connectivity index is 2.25. The third-order valence-electron chi connectivity index (χ3n) is 2.68. The second-order valence-corrected chi connectivity index (χ2v) is 4.09. The Kier molecular flexibility index (Phi) is 4.30. The van der Waals surface area contributed by atoms with Gasteiger partial charge in [0, 0.05) is 6.54 Å². The van der Waals surface area contributed by atoms with Crippen molar-refractivity contribution in [2.75, 3.05) is 11.9 Å². The molecule has 2 N–H and O–H groups in total. The number of anilines is 1. The van der Waals surface area contributed by atoms with Gasteiger partial charge in [0.25, 0.3) is 0 Å². The van der Waals surface area contributed by atoms with Crippen LogP contribution in [0, 0.1) is 6.92 Å². The van der Waals surface area contributed by atoms with Gasteiger partial charge in [-0.05, 0) is 31.5 Å². The fraction of sp³-hybridized carbons (Fsp3) is 0.286. The smallest absolute Gasteiger partial charge is 0.227 e. The Morgan fingerprint density at radius 3 is 2.89 bits per heavy atom. The van der Waals surface area contributed by atoms with Crippen molar-refractivity contribution in [3.63, 3.8) is 0 Å². The molecule has 1 heterocycles. The second-order valence-electron chi connectivity index (χ2n) is 4.09. The number of benzene rings is 1. The third kappa shape index (κ3) is 3.20. The number of hydrogen-bond acceptors (Lipinski definition) is 5. The fourth-order valence-electron chi connectivity index (χ4n) is 1.70. The van der Waals surface area contributed by atoms with E-state index in [0.717, 1.165) is 23.5 Å². The maximum atomic E-state index is 9.11. The van der Waals surface area contributed by atoms with Crippen LogP contribution in [0.15, 0.2) is 30.6 Å². The minimum atomic E-state index is -0.0113. The summed E-state index contributed by atoms with van der Waals surface area (Å²) in [6.45, 7) is 4.69. The molecule has 0 spiro atoms. The summed E-state index contributed by atoms with van der Waals surface area (Å²) in [6.07, 6.45) is 1.47. The number of rotatable bonds is 5. The Labute approximate surface area is 112 Å². The molecular weight excluding hydrogens is 242 g/mol. The van der Waals surface area contributed by atoms with Gasteiger partial charge in [-0.3, -0.25) is 0 Å². The zero-order chi connectivity index (χ0) is 13.7. The van der Waals surface area contributed by atoms with E-state index < -0.39 is 0 Å². The van der Waals surface area contributed by atoms with Crippen LogP contribution in [0.2, 0.25) is 0 Å². The van der Waals surface area contributed by atoms with E-state index in [1.807, 2.05) is 32.0 Å². The molecule has 0 aliphatic heterocycles. The minimum absolute atomic E-state index is 0.0113. The lowest BCUT2D eigenvalue weighted by molar-refractivity contribution is 0.281. The highest BCUT2D eigenvalue weighted by Gasteiger charge is 2.08. The van der Waals surface area contributed by atoms with Crippen LogP contribution in [0.25, 0.3) is 0 Å². The van der Waals surface area contributed by atoms with Crippen molar-refractivity contribution >= 4 is 5.82 Å². The Morgan fingerprint density at radius 2 is 2.16 bits per heavy atom. The van der Waals surface area contributed by atoms with Crippen molar-refractivity contribution in [3.8, 4) is 11.6 Å². The highest BCUT2D eigenvalue weighted by atomic mass is 16.5. The standard InChI is InChI=1S/C14H17N3O2/c1-3-15-13-10(2)14(17-9-16-13)19-12-6-4-5-11(7-12)8-18/h4-7,9,18H,3,8H2,1-2H3,(H,15,16,17). The van der Waals surface area contributed by atoms with Gasteiger partial charge in [-0.1, -0.05) is 12.1 Å². The Morgan fingerprint density at radius 1 is 1.32 bits per heavy atom. The topological polar surface area (TPSA) is 67.3 Å². The van der Waals surface area contributed by atoms with Crippen LogP contribution in [0.4, 0.5) is 5.82 Å². The normalized spacial score (nSPS) is 10.3. The molecule has 100 valence electrons. The van der Waals surface area contributed by atoms with Crippen LogP contribution in [-0.4, -0.2) is 21.6 Å². The van der Waals surface area contributed by atoms with Crippen molar-refractivity contribution < 1.29 is 9.84 Å². The van der Waals surface area contributed by atoms with Crippen LogP contribution < -0.4 is 10.1 Å². The molecule has 19 heavy (non-hydrogen) atoms. The number of hydrogen-bond donors (Lipinski definition) is 2. The van der Waals surface area contributed by atoms with Crippen LogP contribution in [0.3, 0.4) is 0 Å². The fourth-order valence-corrected chi connectivity index (χ4v) is 1.70. The van der Waals surface area contributed by atoms with E-state index in [2.05, 4.69) is 15.3 Å². The SMILES string of the molecule is CCNc1ncnc(Oc2cccc(CO)c2)c1C. The number of ether oxygens (including phenoxy) is 1. The molecule has 2 aromatic rings. The molecule has 5 heteroatoms.